The van der Waals surface area contributed by atoms with Gasteiger partial charge in [-0.05, 0) is 43.7 Å². The van der Waals surface area contributed by atoms with Crippen LogP contribution < -0.4 is 15.4 Å². The first kappa shape index (κ1) is 16.6. The van der Waals surface area contributed by atoms with Gasteiger partial charge < -0.3 is 15.4 Å². The van der Waals surface area contributed by atoms with Gasteiger partial charge in [-0.15, -0.1) is 0 Å². The van der Waals surface area contributed by atoms with E-state index in [1.165, 1.54) is 12.4 Å². The summed E-state index contributed by atoms with van der Waals surface area (Å²) in [4.78, 5) is 19.4. The summed E-state index contributed by atoms with van der Waals surface area (Å²) >= 11 is 0. The van der Waals surface area contributed by atoms with E-state index in [1.807, 2.05) is 6.92 Å². The molecule has 1 heterocycles. The number of halogens is 1. The van der Waals surface area contributed by atoms with E-state index in [-0.39, 0.29) is 5.82 Å². The normalized spacial score (nSPS) is 10.5. The largest absolute Gasteiger partial charge is 0.492 e. The number of nitrogens with one attached hydrogen (secondary N) is 2. The molecule has 1 amide bonds. The fraction of sp³-hybridized carbons (Fsp3) is 0.167. The molecule has 0 spiro atoms. The Labute approximate surface area is 144 Å². The standard InChI is InChI=1S/C18H17FN4O2/c1-3-25-17-8-15-13(7-16(17)22-10-24)18(21-9-20-15)23-12-4-5-14(19)11(2)6-12/h4-10H,3H2,1-2H3,(H,22,24)(H,20,21,23). The van der Waals surface area contributed by atoms with Crippen molar-refractivity contribution in [3.63, 3.8) is 0 Å². The highest BCUT2D eigenvalue weighted by molar-refractivity contribution is 5.96. The number of amides is 1. The summed E-state index contributed by atoms with van der Waals surface area (Å²) < 4.78 is 19.0. The van der Waals surface area contributed by atoms with Gasteiger partial charge in [0.15, 0.2) is 0 Å². The van der Waals surface area contributed by atoms with Gasteiger partial charge in [-0.3, -0.25) is 4.79 Å². The third kappa shape index (κ3) is 3.50. The molecule has 0 atom stereocenters. The number of carbonyl (C=O) groups excluding carboxylic acids is 1. The number of anilines is 3. The van der Waals surface area contributed by atoms with Gasteiger partial charge in [0.1, 0.15) is 23.7 Å². The summed E-state index contributed by atoms with van der Waals surface area (Å²) in [7, 11) is 0. The molecule has 0 bridgehead atoms. The molecule has 6 nitrogen and oxygen atoms in total. The number of nitrogens with zero attached hydrogens (tertiary/aromatic N) is 2. The molecule has 0 aliphatic carbocycles. The SMILES string of the molecule is CCOc1cc2ncnc(Nc3ccc(F)c(C)c3)c2cc1NC=O. The van der Waals surface area contributed by atoms with Crippen LogP contribution in [0, 0.1) is 12.7 Å². The molecular formula is C18H17FN4O2. The van der Waals surface area contributed by atoms with Crippen molar-refractivity contribution >= 4 is 34.5 Å². The fourth-order valence-electron chi connectivity index (χ4n) is 2.49. The number of hydrogen-bond acceptors (Lipinski definition) is 5. The molecule has 2 aromatic carbocycles. The lowest BCUT2D eigenvalue weighted by Gasteiger charge is -2.13. The highest BCUT2D eigenvalue weighted by atomic mass is 19.1. The van der Waals surface area contributed by atoms with Crippen molar-refractivity contribution < 1.29 is 13.9 Å². The Bertz CT molecular complexity index is 930. The number of carbonyl (C=O) groups is 1. The average molecular weight is 340 g/mol. The van der Waals surface area contributed by atoms with Crippen LogP contribution in [0.3, 0.4) is 0 Å². The Kier molecular flexibility index (Phi) is 4.74. The maximum Gasteiger partial charge on any atom is 0.211 e. The number of aryl methyl sites for hydroxylation is 1. The number of rotatable bonds is 6. The third-order valence-electron chi connectivity index (χ3n) is 3.67. The summed E-state index contributed by atoms with van der Waals surface area (Å²) in [5.41, 5.74) is 2.43. The van der Waals surface area contributed by atoms with Crippen molar-refractivity contribution in [1.82, 2.24) is 9.97 Å². The van der Waals surface area contributed by atoms with Crippen LogP contribution in [-0.4, -0.2) is 23.0 Å². The van der Waals surface area contributed by atoms with Crippen molar-refractivity contribution in [2.45, 2.75) is 13.8 Å². The predicted molar refractivity (Wildman–Crippen MR) is 94.8 cm³/mol. The smallest absolute Gasteiger partial charge is 0.211 e. The summed E-state index contributed by atoms with van der Waals surface area (Å²) in [5.74, 6) is 0.814. The summed E-state index contributed by atoms with van der Waals surface area (Å²) in [6.07, 6.45) is 2.02. The van der Waals surface area contributed by atoms with E-state index < -0.39 is 0 Å². The molecule has 128 valence electrons. The van der Waals surface area contributed by atoms with E-state index in [0.29, 0.717) is 52.4 Å². The highest BCUT2D eigenvalue weighted by Gasteiger charge is 2.11. The Morgan fingerprint density at radius 3 is 2.80 bits per heavy atom. The van der Waals surface area contributed by atoms with Crippen molar-refractivity contribution in [1.29, 1.82) is 0 Å². The van der Waals surface area contributed by atoms with Crippen LogP contribution >= 0.6 is 0 Å². The van der Waals surface area contributed by atoms with Gasteiger partial charge in [-0.1, -0.05) is 0 Å². The molecule has 0 saturated carbocycles. The molecule has 0 saturated heterocycles. The second-order valence-corrected chi connectivity index (χ2v) is 5.37. The van der Waals surface area contributed by atoms with Crippen LogP contribution in [0.1, 0.15) is 12.5 Å². The first-order valence-corrected chi connectivity index (χ1v) is 7.77. The lowest BCUT2D eigenvalue weighted by Crippen LogP contribution is -2.02. The molecule has 0 fully saturated rings. The minimum absolute atomic E-state index is 0.267. The Balaban J connectivity index is 2.06. The molecule has 1 aromatic heterocycles. The van der Waals surface area contributed by atoms with Crippen molar-refractivity contribution in [3.05, 3.63) is 48.0 Å². The monoisotopic (exact) mass is 340 g/mol. The molecule has 25 heavy (non-hydrogen) atoms. The van der Waals surface area contributed by atoms with Crippen molar-refractivity contribution in [2.24, 2.45) is 0 Å². The highest BCUT2D eigenvalue weighted by Crippen LogP contribution is 2.33. The molecule has 3 aromatic rings. The van der Waals surface area contributed by atoms with Gasteiger partial charge in [0, 0.05) is 17.1 Å². The number of ether oxygens (including phenoxy) is 1. The molecule has 7 heteroatoms. The number of hydrogen-bond donors (Lipinski definition) is 2. The molecule has 0 aliphatic heterocycles. The van der Waals surface area contributed by atoms with Gasteiger partial charge in [0.05, 0.1) is 17.8 Å². The minimum atomic E-state index is -0.267. The van der Waals surface area contributed by atoms with Gasteiger partial charge in [-0.2, -0.15) is 0 Å². The Morgan fingerprint density at radius 1 is 1.24 bits per heavy atom. The van der Waals surface area contributed by atoms with Crippen LogP contribution in [0.2, 0.25) is 0 Å². The number of fused-ring (bicyclic) bond motifs is 1. The minimum Gasteiger partial charge on any atom is -0.492 e. The first-order valence-electron chi connectivity index (χ1n) is 7.77. The quantitative estimate of drug-likeness (QED) is 0.668. The van der Waals surface area contributed by atoms with E-state index >= 15 is 0 Å². The van der Waals surface area contributed by atoms with E-state index in [2.05, 4.69) is 20.6 Å². The van der Waals surface area contributed by atoms with Gasteiger partial charge in [0.25, 0.3) is 0 Å². The van der Waals surface area contributed by atoms with Gasteiger partial charge in [0.2, 0.25) is 6.41 Å². The zero-order valence-corrected chi connectivity index (χ0v) is 13.8. The molecule has 0 radical (unpaired) electrons. The number of benzene rings is 2. The van der Waals surface area contributed by atoms with Crippen LogP contribution in [0.4, 0.5) is 21.6 Å². The molecule has 3 rings (SSSR count). The van der Waals surface area contributed by atoms with E-state index in [0.717, 1.165) is 0 Å². The zero-order valence-electron chi connectivity index (χ0n) is 13.8. The Morgan fingerprint density at radius 2 is 2.08 bits per heavy atom. The van der Waals surface area contributed by atoms with E-state index in [1.54, 1.807) is 31.2 Å². The Hall–Kier alpha value is -3.22. The van der Waals surface area contributed by atoms with Crippen LogP contribution in [0.15, 0.2) is 36.7 Å². The van der Waals surface area contributed by atoms with E-state index in [4.69, 9.17) is 4.74 Å². The first-order chi connectivity index (χ1) is 12.1. The summed E-state index contributed by atoms with van der Waals surface area (Å²) in [6, 6.07) is 8.21. The average Bonchev–Trinajstić information content (AvgIpc) is 2.60. The second-order valence-electron chi connectivity index (χ2n) is 5.37. The molecule has 0 aliphatic rings. The fourth-order valence-corrected chi connectivity index (χ4v) is 2.49. The van der Waals surface area contributed by atoms with E-state index in [9.17, 15) is 9.18 Å². The van der Waals surface area contributed by atoms with Crippen LogP contribution in [0.25, 0.3) is 10.9 Å². The van der Waals surface area contributed by atoms with Crippen LogP contribution in [-0.2, 0) is 4.79 Å². The number of aromatic nitrogens is 2. The molecular weight excluding hydrogens is 323 g/mol. The summed E-state index contributed by atoms with van der Waals surface area (Å²) in [5, 5.41) is 6.49. The predicted octanol–water partition coefficient (Wildman–Crippen LogP) is 3.79. The van der Waals surface area contributed by atoms with Gasteiger partial charge >= 0.3 is 0 Å². The lowest BCUT2D eigenvalue weighted by atomic mass is 10.1. The topological polar surface area (TPSA) is 76.1 Å². The van der Waals surface area contributed by atoms with Gasteiger partial charge in [-0.25, -0.2) is 14.4 Å². The summed E-state index contributed by atoms with van der Waals surface area (Å²) in [6.45, 7) is 4.02. The zero-order chi connectivity index (χ0) is 17.8. The third-order valence-corrected chi connectivity index (χ3v) is 3.67. The second kappa shape index (κ2) is 7.12. The molecule has 2 N–H and O–H groups in total. The maximum absolute atomic E-state index is 13.4. The van der Waals surface area contributed by atoms with Crippen molar-refractivity contribution in [2.75, 3.05) is 17.2 Å². The maximum atomic E-state index is 13.4. The lowest BCUT2D eigenvalue weighted by molar-refractivity contribution is -0.105. The van der Waals surface area contributed by atoms with Crippen LogP contribution in [0.5, 0.6) is 5.75 Å². The molecule has 0 unspecified atom stereocenters. The van der Waals surface area contributed by atoms with Crippen molar-refractivity contribution in [3.8, 4) is 5.75 Å².